The Hall–Kier alpha value is 1.43. The van der Waals surface area contributed by atoms with Crippen molar-refractivity contribution in [3.63, 3.8) is 0 Å². The van der Waals surface area contributed by atoms with Crippen LogP contribution in [0.2, 0.25) is 0 Å². The van der Waals surface area contributed by atoms with Crippen LogP contribution in [0.1, 0.15) is 1.43 Å². The summed E-state index contributed by atoms with van der Waals surface area (Å²) >= 11 is 0. The van der Waals surface area contributed by atoms with Crippen molar-refractivity contribution in [3.05, 3.63) is 15.3 Å². The molecule has 0 rings (SSSR count). The molecule has 0 aromatic rings. The van der Waals surface area contributed by atoms with Gasteiger partial charge in [0.25, 0.3) is 0 Å². The Balaban J connectivity index is -0.0000000150. The molecule has 0 saturated heterocycles. The van der Waals surface area contributed by atoms with Crippen LogP contribution >= 0.6 is 0 Å². The van der Waals surface area contributed by atoms with Gasteiger partial charge in [-0.3, -0.25) is 0 Å². The Morgan fingerprint density at radius 2 is 1.50 bits per heavy atom. The average molecular weight is 109 g/mol. The molecule has 0 saturated carbocycles. The zero-order chi connectivity index (χ0) is 3.58. The van der Waals surface area contributed by atoms with Crippen LogP contribution in [0.15, 0.2) is 0 Å². The van der Waals surface area contributed by atoms with E-state index in [0.29, 0.717) is 0 Å². The van der Waals surface area contributed by atoms with E-state index in [-0.39, 0.29) is 71.7 Å². The van der Waals surface area contributed by atoms with Crippen LogP contribution in [0.25, 0.3) is 0 Å². The topological polar surface area (TPSA) is 66.2 Å². The van der Waals surface area contributed by atoms with Gasteiger partial charge in [-0.1, -0.05) is 0 Å². The minimum atomic E-state index is -1.75. The van der Waals surface area contributed by atoms with Gasteiger partial charge in [0.1, 0.15) is 0 Å². The molecule has 6 heavy (non-hydrogen) atoms. The Morgan fingerprint density at radius 1 is 1.50 bits per heavy atom. The maximum absolute atomic E-state index is 8.25. The number of hydrogen-bond acceptors (Lipinski definition) is 3. The molecule has 0 aliphatic carbocycles. The summed E-state index contributed by atoms with van der Waals surface area (Å²) in [7, 11) is 0. The third-order valence-corrected chi connectivity index (χ3v) is 0. The van der Waals surface area contributed by atoms with E-state index in [4.69, 9.17) is 15.3 Å². The number of hydrogen-bond donors (Lipinski definition) is 0. The SMILES string of the molecule is O=[N+]([O-])[O-].[H-].[K+].[Li+]. The minimum Gasteiger partial charge on any atom is -1.00 e. The molecule has 6 heteroatoms. The molecule has 0 atom stereocenters. The van der Waals surface area contributed by atoms with Gasteiger partial charge in [-0.05, 0) is 0 Å². The van der Waals surface area contributed by atoms with Gasteiger partial charge in [0, 0.05) is 0 Å². The fourth-order valence-electron chi connectivity index (χ4n) is 0. The molecular formula is HKLiNO3. The van der Waals surface area contributed by atoms with Crippen molar-refractivity contribution in [2.45, 2.75) is 0 Å². The summed E-state index contributed by atoms with van der Waals surface area (Å²) in [4.78, 5) is 8.25. The Labute approximate surface area is 90.5 Å². The summed E-state index contributed by atoms with van der Waals surface area (Å²) in [5, 5.41) is 14.8. The standard InChI is InChI=1S/K.Li.NO3.H/c;;2-1(3)4;/q2*+1;2*-1. The van der Waals surface area contributed by atoms with Crippen LogP contribution in [0.5, 0.6) is 0 Å². The molecule has 26 valence electrons. The summed E-state index contributed by atoms with van der Waals surface area (Å²) in [6, 6.07) is 0. The van der Waals surface area contributed by atoms with Gasteiger partial charge in [-0.25, -0.2) is 0 Å². The zero-order valence-electron chi connectivity index (χ0n) is 4.67. The summed E-state index contributed by atoms with van der Waals surface area (Å²) in [5.74, 6) is 0. The minimum absolute atomic E-state index is 0. The predicted molar refractivity (Wildman–Crippen MR) is 11.5 cm³/mol. The van der Waals surface area contributed by atoms with E-state index in [2.05, 4.69) is 0 Å². The fraction of sp³-hybridized carbons (Fsp3) is 0. The summed E-state index contributed by atoms with van der Waals surface area (Å²) in [6.45, 7) is 0. The Morgan fingerprint density at radius 3 is 1.50 bits per heavy atom. The van der Waals surface area contributed by atoms with Gasteiger partial charge in [0.15, 0.2) is 0 Å². The third kappa shape index (κ3) is 52.0. The van der Waals surface area contributed by atoms with E-state index < -0.39 is 5.09 Å². The first kappa shape index (κ1) is 15.7. The van der Waals surface area contributed by atoms with E-state index in [1.54, 1.807) is 0 Å². The first-order valence-corrected chi connectivity index (χ1v) is 0.548. The fourth-order valence-corrected chi connectivity index (χ4v) is 0. The van der Waals surface area contributed by atoms with Crippen molar-refractivity contribution in [2.24, 2.45) is 0 Å². The quantitative estimate of drug-likeness (QED) is 0.176. The zero-order valence-corrected chi connectivity index (χ0v) is 6.80. The summed E-state index contributed by atoms with van der Waals surface area (Å²) < 4.78 is 0. The second-order valence-electron chi connectivity index (χ2n) is 0.224. The summed E-state index contributed by atoms with van der Waals surface area (Å²) in [5.41, 5.74) is 0. The molecular weight excluding hydrogens is 108 g/mol. The monoisotopic (exact) mass is 109 g/mol. The van der Waals surface area contributed by atoms with Crippen LogP contribution in [-0.2, 0) is 0 Å². The van der Waals surface area contributed by atoms with E-state index in [9.17, 15) is 0 Å². The average Bonchev–Trinajstić information content (AvgIpc) is 0.811. The number of nitrogens with zero attached hydrogens (tertiary/aromatic N) is 1. The van der Waals surface area contributed by atoms with E-state index in [0.717, 1.165) is 0 Å². The van der Waals surface area contributed by atoms with Gasteiger partial charge < -0.3 is 16.7 Å². The normalized spacial score (nSPS) is 4.00. The molecule has 4 nitrogen and oxygen atoms in total. The molecule has 0 spiro atoms. The van der Waals surface area contributed by atoms with Crippen molar-refractivity contribution in [1.29, 1.82) is 0 Å². The Kier molecular flexibility index (Phi) is 25.2. The molecule has 0 aliphatic heterocycles. The van der Waals surface area contributed by atoms with E-state index >= 15 is 0 Å². The molecule has 0 radical (unpaired) electrons. The van der Waals surface area contributed by atoms with Crippen molar-refractivity contribution < 1.29 is 76.8 Å². The van der Waals surface area contributed by atoms with Crippen LogP contribution in [0.3, 0.4) is 0 Å². The smallest absolute Gasteiger partial charge is 1.00 e. The van der Waals surface area contributed by atoms with Gasteiger partial charge >= 0.3 is 70.2 Å². The van der Waals surface area contributed by atoms with Gasteiger partial charge in [-0.2, -0.15) is 0 Å². The largest absolute Gasteiger partial charge is 1.00 e. The first-order valence-electron chi connectivity index (χ1n) is 0.548. The van der Waals surface area contributed by atoms with Crippen molar-refractivity contribution in [3.8, 4) is 0 Å². The molecule has 0 amide bonds. The molecule has 0 heterocycles. The summed E-state index contributed by atoms with van der Waals surface area (Å²) in [6.07, 6.45) is 0. The molecule has 0 bridgehead atoms. The maximum atomic E-state index is 8.25. The van der Waals surface area contributed by atoms with Gasteiger partial charge in [0.2, 0.25) is 0 Å². The molecule has 0 aromatic carbocycles. The Bertz CT molecular complexity index is 37.9. The van der Waals surface area contributed by atoms with E-state index in [1.807, 2.05) is 0 Å². The van der Waals surface area contributed by atoms with Crippen molar-refractivity contribution in [1.82, 2.24) is 0 Å². The second-order valence-corrected chi connectivity index (χ2v) is 0.224. The molecule has 0 aromatic heterocycles. The van der Waals surface area contributed by atoms with E-state index in [1.165, 1.54) is 0 Å². The first-order chi connectivity index (χ1) is 1.73. The van der Waals surface area contributed by atoms with Crippen LogP contribution < -0.4 is 70.2 Å². The molecule has 0 aliphatic rings. The second kappa shape index (κ2) is 9.66. The third-order valence-electron chi connectivity index (χ3n) is 0. The molecule has 0 unspecified atom stereocenters. The van der Waals surface area contributed by atoms with Crippen LogP contribution in [0, 0.1) is 15.3 Å². The van der Waals surface area contributed by atoms with Crippen molar-refractivity contribution >= 4 is 0 Å². The number of rotatable bonds is 0. The maximum Gasteiger partial charge on any atom is 1.00 e. The van der Waals surface area contributed by atoms with Gasteiger partial charge in [-0.15, -0.1) is 0 Å². The predicted octanol–water partition coefficient (Wildman–Crippen LogP) is -6.12. The van der Waals surface area contributed by atoms with Gasteiger partial charge in [0.05, 0.1) is 5.09 Å². The van der Waals surface area contributed by atoms with Crippen LogP contribution in [-0.4, -0.2) is 5.09 Å². The molecule has 0 N–H and O–H groups in total. The van der Waals surface area contributed by atoms with Crippen molar-refractivity contribution in [2.75, 3.05) is 0 Å². The molecule has 0 fully saturated rings. The van der Waals surface area contributed by atoms with Crippen LogP contribution in [0.4, 0.5) is 0 Å².